The lowest BCUT2D eigenvalue weighted by atomic mass is 9.79. The SMILES string of the molecule is Cc1c(CN2CC[C@@]3(CCCN(Cc4ccccc4F)C3)C2)cnn1C. The molecular formula is C21H29FN4. The smallest absolute Gasteiger partial charge is 0.127 e. The third-order valence-electron chi connectivity index (χ3n) is 6.34. The van der Waals surface area contributed by atoms with Crippen molar-refractivity contribution in [3.63, 3.8) is 0 Å². The molecule has 1 atom stereocenters. The Kier molecular flexibility index (Phi) is 4.84. The summed E-state index contributed by atoms with van der Waals surface area (Å²) in [6.45, 7) is 8.34. The van der Waals surface area contributed by atoms with E-state index in [2.05, 4.69) is 21.8 Å². The van der Waals surface area contributed by atoms with Gasteiger partial charge in [0.05, 0.1) is 6.20 Å². The number of halogens is 1. The molecule has 0 unspecified atom stereocenters. The van der Waals surface area contributed by atoms with Crippen molar-refractivity contribution in [3.05, 3.63) is 53.1 Å². The molecule has 2 aliphatic heterocycles. The van der Waals surface area contributed by atoms with E-state index in [4.69, 9.17) is 0 Å². The van der Waals surface area contributed by atoms with Gasteiger partial charge in [0.1, 0.15) is 5.82 Å². The van der Waals surface area contributed by atoms with Gasteiger partial charge in [-0.1, -0.05) is 18.2 Å². The predicted octanol–water partition coefficient (Wildman–Crippen LogP) is 3.36. The molecule has 0 radical (unpaired) electrons. The van der Waals surface area contributed by atoms with E-state index in [1.807, 2.05) is 30.1 Å². The molecule has 0 saturated carbocycles. The molecule has 0 bridgehead atoms. The number of hydrogen-bond acceptors (Lipinski definition) is 3. The number of piperidine rings is 1. The lowest BCUT2D eigenvalue weighted by Gasteiger charge is -2.40. The summed E-state index contributed by atoms with van der Waals surface area (Å²) < 4.78 is 16.0. The van der Waals surface area contributed by atoms with E-state index in [-0.39, 0.29) is 5.82 Å². The fourth-order valence-corrected chi connectivity index (χ4v) is 4.75. The van der Waals surface area contributed by atoms with Gasteiger partial charge in [0.15, 0.2) is 0 Å². The minimum absolute atomic E-state index is 0.0766. The molecule has 5 heteroatoms. The van der Waals surface area contributed by atoms with Crippen LogP contribution in [0.25, 0.3) is 0 Å². The molecule has 1 spiro atoms. The summed E-state index contributed by atoms with van der Waals surface area (Å²) in [5.41, 5.74) is 3.80. The number of nitrogens with zero attached hydrogens (tertiary/aromatic N) is 4. The summed E-state index contributed by atoms with van der Waals surface area (Å²) in [4.78, 5) is 5.04. The van der Waals surface area contributed by atoms with Gasteiger partial charge in [0, 0.05) is 50.0 Å². The fraction of sp³-hybridized carbons (Fsp3) is 0.571. The second kappa shape index (κ2) is 7.12. The van der Waals surface area contributed by atoms with Crippen molar-refractivity contribution in [1.29, 1.82) is 0 Å². The highest BCUT2D eigenvalue weighted by Crippen LogP contribution is 2.40. The minimum Gasteiger partial charge on any atom is -0.298 e. The molecule has 2 aromatic rings. The van der Waals surface area contributed by atoms with Crippen molar-refractivity contribution >= 4 is 0 Å². The van der Waals surface area contributed by atoms with Crippen molar-refractivity contribution in [1.82, 2.24) is 19.6 Å². The van der Waals surface area contributed by atoms with Crippen LogP contribution in [-0.4, -0.2) is 45.8 Å². The van der Waals surface area contributed by atoms with Crippen molar-refractivity contribution in [2.45, 2.75) is 39.3 Å². The van der Waals surface area contributed by atoms with E-state index >= 15 is 0 Å². The maximum absolute atomic E-state index is 14.0. The first kappa shape index (κ1) is 17.7. The van der Waals surface area contributed by atoms with Crippen LogP contribution in [0.4, 0.5) is 4.39 Å². The van der Waals surface area contributed by atoms with E-state index in [0.29, 0.717) is 5.41 Å². The zero-order valence-corrected chi connectivity index (χ0v) is 15.9. The van der Waals surface area contributed by atoms with E-state index in [9.17, 15) is 4.39 Å². The number of benzene rings is 1. The second-order valence-electron chi connectivity index (χ2n) is 8.25. The van der Waals surface area contributed by atoms with E-state index < -0.39 is 0 Å². The summed E-state index contributed by atoms with van der Waals surface area (Å²) in [6, 6.07) is 7.20. The van der Waals surface area contributed by atoms with Crippen LogP contribution in [0.15, 0.2) is 30.5 Å². The first-order valence-electron chi connectivity index (χ1n) is 9.70. The van der Waals surface area contributed by atoms with Gasteiger partial charge >= 0.3 is 0 Å². The molecule has 2 fully saturated rings. The van der Waals surface area contributed by atoms with Crippen molar-refractivity contribution in [3.8, 4) is 0 Å². The topological polar surface area (TPSA) is 24.3 Å². The molecule has 1 aromatic heterocycles. The average molecular weight is 356 g/mol. The van der Waals surface area contributed by atoms with Gasteiger partial charge < -0.3 is 0 Å². The Balaban J connectivity index is 1.39. The Morgan fingerprint density at radius 2 is 1.77 bits per heavy atom. The predicted molar refractivity (Wildman–Crippen MR) is 101 cm³/mol. The fourth-order valence-electron chi connectivity index (χ4n) is 4.75. The second-order valence-corrected chi connectivity index (χ2v) is 8.25. The van der Waals surface area contributed by atoms with Crippen LogP contribution in [0.2, 0.25) is 0 Å². The number of aromatic nitrogens is 2. The highest BCUT2D eigenvalue weighted by Gasteiger charge is 2.41. The van der Waals surface area contributed by atoms with Crippen LogP contribution in [0, 0.1) is 18.2 Å². The summed E-state index contributed by atoms with van der Waals surface area (Å²) in [5.74, 6) is -0.0766. The van der Waals surface area contributed by atoms with Gasteiger partial charge in [0.2, 0.25) is 0 Å². The Morgan fingerprint density at radius 1 is 1.04 bits per heavy atom. The third kappa shape index (κ3) is 3.55. The van der Waals surface area contributed by atoms with Gasteiger partial charge in [-0.15, -0.1) is 0 Å². The Bertz CT molecular complexity index is 771. The highest BCUT2D eigenvalue weighted by molar-refractivity contribution is 5.18. The van der Waals surface area contributed by atoms with E-state index in [1.54, 1.807) is 12.1 Å². The quantitative estimate of drug-likeness (QED) is 0.840. The van der Waals surface area contributed by atoms with Gasteiger partial charge in [-0.25, -0.2) is 4.39 Å². The van der Waals surface area contributed by atoms with Crippen LogP contribution >= 0.6 is 0 Å². The maximum atomic E-state index is 14.0. The molecule has 26 heavy (non-hydrogen) atoms. The molecule has 2 saturated heterocycles. The molecule has 3 heterocycles. The molecule has 2 aliphatic rings. The number of aryl methyl sites for hydroxylation is 1. The lowest BCUT2D eigenvalue weighted by molar-refractivity contribution is 0.0858. The molecule has 4 rings (SSSR count). The number of rotatable bonds is 4. The van der Waals surface area contributed by atoms with Crippen molar-refractivity contribution in [2.75, 3.05) is 26.2 Å². The normalized spacial score (nSPS) is 24.6. The maximum Gasteiger partial charge on any atom is 0.127 e. The van der Waals surface area contributed by atoms with Crippen LogP contribution in [0.3, 0.4) is 0 Å². The van der Waals surface area contributed by atoms with Crippen LogP contribution < -0.4 is 0 Å². The van der Waals surface area contributed by atoms with Crippen LogP contribution in [-0.2, 0) is 20.1 Å². The van der Waals surface area contributed by atoms with Gasteiger partial charge in [-0.2, -0.15) is 5.10 Å². The standard InChI is InChI=1S/C21H29FN4/c1-17-19(12-23-24(17)2)14-26-11-9-21(16-26)8-5-10-25(15-21)13-18-6-3-4-7-20(18)22/h3-4,6-7,12H,5,8-11,13-16H2,1-2H3/t21-/m1/s1. The minimum atomic E-state index is -0.0766. The molecule has 140 valence electrons. The Hall–Kier alpha value is -1.72. The number of hydrogen-bond donors (Lipinski definition) is 0. The Labute approximate surface area is 155 Å². The van der Waals surface area contributed by atoms with Gasteiger partial charge in [0.25, 0.3) is 0 Å². The molecule has 0 aliphatic carbocycles. The third-order valence-corrected chi connectivity index (χ3v) is 6.34. The molecule has 4 nitrogen and oxygen atoms in total. The van der Waals surface area contributed by atoms with Gasteiger partial charge in [-0.05, 0) is 50.8 Å². The van der Waals surface area contributed by atoms with Crippen LogP contribution in [0.1, 0.15) is 36.1 Å². The van der Waals surface area contributed by atoms with Crippen LogP contribution in [0.5, 0.6) is 0 Å². The number of likely N-dealkylation sites (tertiary alicyclic amines) is 2. The summed E-state index contributed by atoms with van der Waals surface area (Å²) in [6.07, 6.45) is 5.77. The van der Waals surface area contributed by atoms with E-state index in [0.717, 1.165) is 44.8 Å². The molecular weight excluding hydrogens is 327 g/mol. The molecule has 0 amide bonds. The summed E-state index contributed by atoms with van der Waals surface area (Å²) in [7, 11) is 2.01. The van der Waals surface area contributed by atoms with Crippen molar-refractivity contribution < 1.29 is 4.39 Å². The first-order chi connectivity index (χ1) is 12.5. The van der Waals surface area contributed by atoms with Crippen molar-refractivity contribution in [2.24, 2.45) is 12.5 Å². The highest BCUT2D eigenvalue weighted by atomic mass is 19.1. The largest absolute Gasteiger partial charge is 0.298 e. The van der Waals surface area contributed by atoms with Gasteiger partial charge in [-0.3, -0.25) is 14.5 Å². The molecule has 0 N–H and O–H groups in total. The zero-order valence-electron chi connectivity index (χ0n) is 15.9. The average Bonchev–Trinajstić information content (AvgIpc) is 3.15. The monoisotopic (exact) mass is 356 g/mol. The lowest BCUT2D eigenvalue weighted by Crippen LogP contribution is -2.44. The first-order valence-corrected chi connectivity index (χ1v) is 9.70. The molecule has 1 aromatic carbocycles. The van der Waals surface area contributed by atoms with E-state index in [1.165, 1.54) is 30.5 Å². The summed E-state index contributed by atoms with van der Waals surface area (Å²) in [5, 5.41) is 4.38. The zero-order chi connectivity index (χ0) is 18.1. The Morgan fingerprint density at radius 3 is 2.50 bits per heavy atom. The summed E-state index contributed by atoms with van der Waals surface area (Å²) >= 11 is 0.